The van der Waals surface area contributed by atoms with Crippen LogP contribution in [0.5, 0.6) is 0 Å². The molecule has 1 atom stereocenters. The first-order valence-corrected chi connectivity index (χ1v) is 3.26. The summed E-state index contributed by atoms with van der Waals surface area (Å²) in [7, 11) is 0. The van der Waals surface area contributed by atoms with Crippen LogP contribution in [0, 0.1) is 0 Å². The molecule has 1 aliphatic rings. The SMILES string of the molecule is O=C1CCC(CO)(C(=O)O)N1. The van der Waals surface area contributed by atoms with E-state index in [0.717, 1.165) is 0 Å². The van der Waals surface area contributed by atoms with Crippen LogP contribution in [0.4, 0.5) is 0 Å². The molecule has 0 aromatic carbocycles. The zero-order valence-electron chi connectivity index (χ0n) is 5.83. The minimum Gasteiger partial charge on any atom is -0.479 e. The molecule has 1 rings (SSSR count). The number of rotatable bonds is 2. The summed E-state index contributed by atoms with van der Waals surface area (Å²) in [6, 6.07) is 0. The Bertz CT molecular complexity index is 203. The van der Waals surface area contributed by atoms with Crippen LogP contribution < -0.4 is 5.32 Å². The summed E-state index contributed by atoms with van der Waals surface area (Å²) >= 11 is 0. The molecule has 0 spiro atoms. The van der Waals surface area contributed by atoms with Gasteiger partial charge in [0.05, 0.1) is 6.61 Å². The number of carbonyl (C=O) groups is 2. The van der Waals surface area contributed by atoms with Crippen LogP contribution in [0.2, 0.25) is 0 Å². The lowest BCUT2D eigenvalue weighted by Crippen LogP contribution is -2.51. The van der Waals surface area contributed by atoms with Gasteiger partial charge in [0.2, 0.25) is 5.91 Å². The van der Waals surface area contributed by atoms with Gasteiger partial charge in [0, 0.05) is 6.42 Å². The predicted octanol–water partition coefficient (Wildman–Crippen LogP) is -1.29. The summed E-state index contributed by atoms with van der Waals surface area (Å²) in [5.41, 5.74) is -1.42. The summed E-state index contributed by atoms with van der Waals surface area (Å²) in [6.45, 7) is -0.548. The van der Waals surface area contributed by atoms with E-state index in [1.54, 1.807) is 0 Å². The predicted molar refractivity (Wildman–Crippen MR) is 34.8 cm³/mol. The maximum absolute atomic E-state index is 10.6. The summed E-state index contributed by atoms with van der Waals surface area (Å²) in [5, 5.41) is 19.5. The third-order valence-electron chi connectivity index (χ3n) is 1.84. The Morgan fingerprint density at radius 2 is 2.36 bits per heavy atom. The molecule has 0 bridgehead atoms. The first-order valence-electron chi connectivity index (χ1n) is 3.26. The van der Waals surface area contributed by atoms with Crippen molar-refractivity contribution in [2.75, 3.05) is 6.61 Å². The fraction of sp³-hybridized carbons (Fsp3) is 0.667. The van der Waals surface area contributed by atoms with Crippen LogP contribution in [0.3, 0.4) is 0 Å². The molecule has 0 aromatic heterocycles. The average Bonchev–Trinajstić information content (AvgIpc) is 2.33. The normalized spacial score (nSPS) is 30.1. The second-order valence-corrected chi connectivity index (χ2v) is 2.59. The van der Waals surface area contributed by atoms with Crippen molar-refractivity contribution in [3.63, 3.8) is 0 Å². The number of carboxylic acid groups (broad SMARTS) is 1. The van der Waals surface area contributed by atoms with Gasteiger partial charge in [0.1, 0.15) is 0 Å². The van der Waals surface area contributed by atoms with Crippen molar-refractivity contribution in [1.29, 1.82) is 0 Å². The molecule has 11 heavy (non-hydrogen) atoms. The Kier molecular flexibility index (Phi) is 1.82. The van der Waals surface area contributed by atoms with Gasteiger partial charge in [0.25, 0.3) is 0 Å². The first kappa shape index (κ1) is 8.00. The Hall–Kier alpha value is -1.10. The van der Waals surface area contributed by atoms with Crippen molar-refractivity contribution >= 4 is 11.9 Å². The standard InChI is InChI=1S/C6H9NO4/c8-3-6(5(10)11)2-1-4(9)7-6/h8H,1-3H2,(H,7,9)(H,10,11). The molecular weight excluding hydrogens is 150 g/mol. The molecule has 5 nitrogen and oxygen atoms in total. The van der Waals surface area contributed by atoms with Gasteiger partial charge in [-0.25, -0.2) is 4.79 Å². The maximum atomic E-state index is 10.6. The average molecular weight is 159 g/mol. The number of aliphatic hydroxyl groups excluding tert-OH is 1. The van der Waals surface area contributed by atoms with Crippen molar-refractivity contribution in [2.45, 2.75) is 18.4 Å². The molecule has 62 valence electrons. The number of carboxylic acids is 1. The van der Waals surface area contributed by atoms with Crippen LogP contribution in [0.25, 0.3) is 0 Å². The molecule has 0 aliphatic carbocycles. The molecule has 3 N–H and O–H groups in total. The lowest BCUT2D eigenvalue weighted by Gasteiger charge is -2.20. The highest BCUT2D eigenvalue weighted by Crippen LogP contribution is 2.19. The molecule has 1 fully saturated rings. The molecule has 1 heterocycles. The van der Waals surface area contributed by atoms with Gasteiger partial charge in [-0.1, -0.05) is 0 Å². The molecule has 0 aromatic rings. The fourth-order valence-electron chi connectivity index (χ4n) is 1.07. The Labute approximate surface area is 63.0 Å². The fourth-order valence-corrected chi connectivity index (χ4v) is 1.07. The number of amides is 1. The smallest absolute Gasteiger partial charge is 0.331 e. The summed E-state index contributed by atoms with van der Waals surface area (Å²) in [5.74, 6) is -1.49. The molecule has 1 saturated heterocycles. The van der Waals surface area contributed by atoms with Gasteiger partial charge in [0.15, 0.2) is 5.54 Å². The minimum absolute atomic E-state index is 0.164. The van der Waals surface area contributed by atoms with E-state index in [4.69, 9.17) is 10.2 Å². The third kappa shape index (κ3) is 1.19. The topological polar surface area (TPSA) is 86.6 Å². The van der Waals surface area contributed by atoms with E-state index >= 15 is 0 Å². The first-order chi connectivity index (χ1) is 5.10. The number of carbonyl (C=O) groups excluding carboxylic acids is 1. The zero-order chi connectivity index (χ0) is 8.48. The minimum atomic E-state index is -1.42. The lowest BCUT2D eigenvalue weighted by molar-refractivity contribution is -0.147. The number of aliphatic carboxylic acids is 1. The van der Waals surface area contributed by atoms with Crippen molar-refractivity contribution < 1.29 is 19.8 Å². The highest BCUT2D eigenvalue weighted by molar-refractivity contribution is 5.90. The van der Waals surface area contributed by atoms with Gasteiger partial charge < -0.3 is 15.5 Å². The number of hydrogen-bond donors (Lipinski definition) is 3. The number of nitrogens with one attached hydrogen (secondary N) is 1. The molecular formula is C6H9NO4. The molecule has 1 amide bonds. The van der Waals surface area contributed by atoms with Crippen LogP contribution in [0.1, 0.15) is 12.8 Å². The van der Waals surface area contributed by atoms with Crippen molar-refractivity contribution in [3.8, 4) is 0 Å². The van der Waals surface area contributed by atoms with Gasteiger partial charge in [-0.2, -0.15) is 0 Å². The van der Waals surface area contributed by atoms with Crippen molar-refractivity contribution in [3.05, 3.63) is 0 Å². The van der Waals surface area contributed by atoms with E-state index in [9.17, 15) is 9.59 Å². The van der Waals surface area contributed by atoms with Gasteiger partial charge >= 0.3 is 5.97 Å². The van der Waals surface area contributed by atoms with E-state index in [1.165, 1.54) is 0 Å². The third-order valence-corrected chi connectivity index (χ3v) is 1.84. The van der Waals surface area contributed by atoms with Crippen LogP contribution in [-0.4, -0.2) is 34.2 Å². The molecule has 1 aliphatic heterocycles. The lowest BCUT2D eigenvalue weighted by atomic mass is 9.99. The number of aliphatic hydroxyl groups is 1. The van der Waals surface area contributed by atoms with Crippen LogP contribution in [0.15, 0.2) is 0 Å². The van der Waals surface area contributed by atoms with E-state index in [1.807, 2.05) is 0 Å². The number of hydrogen-bond acceptors (Lipinski definition) is 3. The quantitative estimate of drug-likeness (QED) is 0.468. The summed E-state index contributed by atoms with van der Waals surface area (Å²) < 4.78 is 0. The summed E-state index contributed by atoms with van der Waals surface area (Å²) in [6.07, 6.45) is 0.338. The summed E-state index contributed by atoms with van der Waals surface area (Å²) in [4.78, 5) is 21.2. The Morgan fingerprint density at radius 1 is 1.73 bits per heavy atom. The largest absolute Gasteiger partial charge is 0.479 e. The molecule has 5 heteroatoms. The second kappa shape index (κ2) is 2.50. The van der Waals surface area contributed by atoms with Gasteiger partial charge in [-0.05, 0) is 6.42 Å². The highest BCUT2D eigenvalue weighted by Gasteiger charge is 2.44. The highest BCUT2D eigenvalue weighted by atomic mass is 16.4. The second-order valence-electron chi connectivity index (χ2n) is 2.59. The monoisotopic (exact) mass is 159 g/mol. The van der Waals surface area contributed by atoms with E-state index in [-0.39, 0.29) is 18.7 Å². The molecule has 0 radical (unpaired) electrons. The van der Waals surface area contributed by atoms with E-state index in [0.29, 0.717) is 0 Å². The molecule has 1 unspecified atom stereocenters. The van der Waals surface area contributed by atoms with Crippen molar-refractivity contribution in [1.82, 2.24) is 5.32 Å². The van der Waals surface area contributed by atoms with Gasteiger partial charge in [-0.15, -0.1) is 0 Å². The maximum Gasteiger partial charge on any atom is 0.331 e. The van der Waals surface area contributed by atoms with Crippen LogP contribution >= 0.6 is 0 Å². The van der Waals surface area contributed by atoms with E-state index < -0.39 is 18.1 Å². The van der Waals surface area contributed by atoms with E-state index in [2.05, 4.69) is 5.32 Å². The van der Waals surface area contributed by atoms with Crippen LogP contribution in [-0.2, 0) is 9.59 Å². The Balaban J connectivity index is 2.78. The zero-order valence-corrected chi connectivity index (χ0v) is 5.83. The van der Waals surface area contributed by atoms with Crippen molar-refractivity contribution in [2.24, 2.45) is 0 Å². The Morgan fingerprint density at radius 3 is 2.55 bits per heavy atom. The van der Waals surface area contributed by atoms with Gasteiger partial charge in [-0.3, -0.25) is 4.79 Å². The molecule has 0 saturated carbocycles.